The number of carbonyl (C=O) groups is 2. The van der Waals surface area contributed by atoms with E-state index in [2.05, 4.69) is 15.5 Å². The van der Waals surface area contributed by atoms with Crippen LogP contribution in [0, 0.1) is 5.92 Å². The number of fused-ring (bicyclic) bond motifs is 1. The number of benzene rings is 1. The Balaban J connectivity index is 2.12. The molecule has 1 aromatic carbocycles. The summed E-state index contributed by atoms with van der Waals surface area (Å²) in [6, 6.07) is 7.26. The summed E-state index contributed by atoms with van der Waals surface area (Å²) < 4.78 is 0. The Labute approximate surface area is 103 Å². The fraction of sp³-hybridized carbons (Fsp3) is 0.250. The van der Waals surface area contributed by atoms with Crippen LogP contribution in [-0.2, 0) is 4.79 Å². The predicted molar refractivity (Wildman–Crippen MR) is 65.2 cm³/mol. The molecule has 0 bridgehead atoms. The van der Waals surface area contributed by atoms with Gasteiger partial charge in [-0.1, -0.05) is 25.1 Å². The molecule has 0 aliphatic heterocycles. The maximum absolute atomic E-state index is 11.9. The summed E-state index contributed by atoms with van der Waals surface area (Å²) in [5.41, 5.74) is 1.05. The topological polar surface area (TPSA) is 95.1 Å². The van der Waals surface area contributed by atoms with E-state index in [-0.39, 0.29) is 18.1 Å². The molecule has 0 radical (unpaired) electrons. The summed E-state index contributed by atoms with van der Waals surface area (Å²) >= 11 is 0. The molecule has 2 aromatic rings. The molecule has 0 saturated carbocycles. The normalized spacial score (nSPS) is 12.3. The first-order valence-electron chi connectivity index (χ1n) is 5.53. The Hall–Kier alpha value is -2.37. The molecule has 2 rings (SSSR count). The van der Waals surface area contributed by atoms with Crippen LogP contribution in [0.15, 0.2) is 24.3 Å². The highest BCUT2D eigenvalue weighted by Gasteiger charge is 2.16. The standard InChI is InChI=1S/C12H13N3O3/c1-7(12(17)18)6-13-11(16)10-8-4-2-3-5-9(8)14-15-10/h2-5,7H,6H2,1H3,(H,13,16)(H,14,15)(H,17,18). The van der Waals surface area contributed by atoms with Crippen LogP contribution in [0.5, 0.6) is 0 Å². The molecular formula is C12H13N3O3. The largest absolute Gasteiger partial charge is 0.481 e. The molecule has 0 saturated heterocycles. The number of hydrogen-bond acceptors (Lipinski definition) is 3. The number of rotatable bonds is 4. The van der Waals surface area contributed by atoms with Crippen LogP contribution >= 0.6 is 0 Å². The summed E-state index contributed by atoms with van der Waals surface area (Å²) in [7, 11) is 0. The number of amides is 1. The second-order valence-electron chi connectivity index (χ2n) is 4.07. The highest BCUT2D eigenvalue weighted by Crippen LogP contribution is 2.14. The minimum absolute atomic E-state index is 0.0787. The highest BCUT2D eigenvalue weighted by atomic mass is 16.4. The monoisotopic (exact) mass is 247 g/mol. The number of H-pyrrole nitrogens is 1. The Bertz CT molecular complexity index is 591. The summed E-state index contributed by atoms with van der Waals surface area (Å²) in [6.07, 6.45) is 0. The minimum Gasteiger partial charge on any atom is -0.481 e. The lowest BCUT2D eigenvalue weighted by Gasteiger charge is -2.06. The van der Waals surface area contributed by atoms with E-state index in [9.17, 15) is 9.59 Å². The fourth-order valence-electron chi connectivity index (χ4n) is 1.55. The van der Waals surface area contributed by atoms with Gasteiger partial charge in [-0.15, -0.1) is 0 Å². The average Bonchev–Trinajstić information content (AvgIpc) is 2.79. The van der Waals surface area contributed by atoms with Gasteiger partial charge in [0.1, 0.15) is 0 Å². The van der Waals surface area contributed by atoms with E-state index in [0.29, 0.717) is 0 Å². The Morgan fingerprint density at radius 2 is 2.17 bits per heavy atom. The van der Waals surface area contributed by atoms with Gasteiger partial charge < -0.3 is 10.4 Å². The van der Waals surface area contributed by atoms with Gasteiger partial charge in [-0.2, -0.15) is 5.10 Å². The lowest BCUT2D eigenvalue weighted by Crippen LogP contribution is -2.31. The fourth-order valence-corrected chi connectivity index (χ4v) is 1.55. The number of aliphatic carboxylic acids is 1. The third-order valence-corrected chi connectivity index (χ3v) is 2.68. The van der Waals surface area contributed by atoms with E-state index in [0.717, 1.165) is 10.9 Å². The molecule has 3 N–H and O–H groups in total. The van der Waals surface area contributed by atoms with Gasteiger partial charge in [0.25, 0.3) is 5.91 Å². The van der Waals surface area contributed by atoms with Gasteiger partial charge in [0, 0.05) is 11.9 Å². The minimum atomic E-state index is -0.942. The second kappa shape index (κ2) is 4.87. The van der Waals surface area contributed by atoms with Gasteiger partial charge in [-0.3, -0.25) is 14.7 Å². The molecule has 6 nitrogen and oxygen atoms in total. The van der Waals surface area contributed by atoms with E-state index in [4.69, 9.17) is 5.11 Å². The average molecular weight is 247 g/mol. The summed E-state index contributed by atoms with van der Waals surface area (Å²) in [5, 5.41) is 18.7. The number of carbonyl (C=O) groups excluding carboxylic acids is 1. The number of aromatic amines is 1. The van der Waals surface area contributed by atoms with Crippen LogP contribution in [-0.4, -0.2) is 33.7 Å². The van der Waals surface area contributed by atoms with Crippen molar-refractivity contribution in [1.29, 1.82) is 0 Å². The van der Waals surface area contributed by atoms with Gasteiger partial charge in [-0.25, -0.2) is 0 Å². The van der Waals surface area contributed by atoms with Gasteiger partial charge in [0.15, 0.2) is 5.69 Å². The van der Waals surface area contributed by atoms with E-state index in [1.165, 1.54) is 6.92 Å². The third-order valence-electron chi connectivity index (χ3n) is 2.68. The van der Waals surface area contributed by atoms with Crippen molar-refractivity contribution in [1.82, 2.24) is 15.5 Å². The van der Waals surface area contributed by atoms with Crippen molar-refractivity contribution in [2.75, 3.05) is 6.54 Å². The zero-order chi connectivity index (χ0) is 13.1. The van der Waals surface area contributed by atoms with Crippen LogP contribution in [0.2, 0.25) is 0 Å². The molecule has 1 unspecified atom stereocenters. The van der Waals surface area contributed by atoms with E-state index < -0.39 is 11.9 Å². The van der Waals surface area contributed by atoms with Crippen LogP contribution in [0.1, 0.15) is 17.4 Å². The van der Waals surface area contributed by atoms with Crippen molar-refractivity contribution in [3.63, 3.8) is 0 Å². The molecule has 0 spiro atoms. The number of carboxylic acid groups (broad SMARTS) is 1. The van der Waals surface area contributed by atoms with Gasteiger partial charge >= 0.3 is 5.97 Å². The number of nitrogens with one attached hydrogen (secondary N) is 2. The van der Waals surface area contributed by atoms with Crippen molar-refractivity contribution in [2.45, 2.75) is 6.92 Å². The van der Waals surface area contributed by atoms with Gasteiger partial charge in [0.05, 0.1) is 11.4 Å². The lowest BCUT2D eigenvalue weighted by molar-refractivity contribution is -0.140. The maximum atomic E-state index is 11.9. The molecular weight excluding hydrogens is 234 g/mol. The van der Waals surface area contributed by atoms with Crippen LogP contribution in [0.25, 0.3) is 10.9 Å². The SMILES string of the molecule is CC(CNC(=O)c1n[nH]c2ccccc12)C(=O)O. The maximum Gasteiger partial charge on any atom is 0.308 e. The smallest absolute Gasteiger partial charge is 0.308 e. The van der Waals surface area contributed by atoms with E-state index in [1.807, 2.05) is 18.2 Å². The zero-order valence-corrected chi connectivity index (χ0v) is 9.80. The van der Waals surface area contributed by atoms with Gasteiger partial charge in [0.2, 0.25) is 0 Å². The molecule has 0 fully saturated rings. The Morgan fingerprint density at radius 1 is 1.44 bits per heavy atom. The lowest BCUT2D eigenvalue weighted by atomic mass is 10.1. The van der Waals surface area contributed by atoms with Crippen LogP contribution in [0.4, 0.5) is 0 Å². The second-order valence-corrected chi connectivity index (χ2v) is 4.07. The van der Waals surface area contributed by atoms with Crippen LogP contribution < -0.4 is 5.32 Å². The molecule has 6 heteroatoms. The summed E-state index contributed by atoms with van der Waals surface area (Å²) in [5.74, 6) is -1.94. The molecule has 94 valence electrons. The van der Waals surface area contributed by atoms with E-state index in [1.54, 1.807) is 6.07 Å². The summed E-state index contributed by atoms with van der Waals surface area (Å²) in [6.45, 7) is 1.61. The zero-order valence-electron chi connectivity index (χ0n) is 9.80. The van der Waals surface area contributed by atoms with Crippen molar-refractivity contribution in [2.24, 2.45) is 5.92 Å². The number of nitrogens with zero attached hydrogens (tertiary/aromatic N) is 1. The summed E-state index contributed by atoms with van der Waals surface area (Å²) in [4.78, 5) is 22.5. The first-order valence-corrected chi connectivity index (χ1v) is 5.53. The number of carboxylic acids is 1. The molecule has 0 aliphatic carbocycles. The predicted octanol–water partition coefficient (Wildman–Crippen LogP) is 1.01. The Morgan fingerprint density at radius 3 is 2.89 bits per heavy atom. The number of hydrogen-bond donors (Lipinski definition) is 3. The first-order chi connectivity index (χ1) is 8.59. The molecule has 1 aromatic heterocycles. The molecule has 1 atom stereocenters. The highest BCUT2D eigenvalue weighted by molar-refractivity contribution is 6.04. The third kappa shape index (κ3) is 2.32. The number of aromatic nitrogens is 2. The van der Waals surface area contributed by atoms with Gasteiger partial charge in [-0.05, 0) is 6.07 Å². The molecule has 1 heterocycles. The van der Waals surface area contributed by atoms with Crippen molar-refractivity contribution in [3.05, 3.63) is 30.0 Å². The first kappa shape index (κ1) is 12.1. The van der Waals surface area contributed by atoms with Crippen LogP contribution in [0.3, 0.4) is 0 Å². The van der Waals surface area contributed by atoms with E-state index >= 15 is 0 Å². The van der Waals surface area contributed by atoms with Crippen molar-refractivity contribution >= 4 is 22.8 Å². The van der Waals surface area contributed by atoms with Crippen molar-refractivity contribution in [3.8, 4) is 0 Å². The quantitative estimate of drug-likeness (QED) is 0.751. The molecule has 18 heavy (non-hydrogen) atoms. The van der Waals surface area contributed by atoms with Crippen molar-refractivity contribution < 1.29 is 14.7 Å². The molecule has 0 aliphatic rings. The molecule has 1 amide bonds. The number of para-hydroxylation sites is 1. The Kier molecular flexibility index (Phi) is 3.27.